The molecule has 2 aromatic rings. The minimum absolute atomic E-state index is 0.187. The van der Waals surface area contributed by atoms with E-state index >= 15 is 0 Å². The summed E-state index contributed by atoms with van der Waals surface area (Å²) in [4.78, 5) is 0. The Labute approximate surface area is 125 Å². The maximum Gasteiger partial charge on any atom is 0.421 e. The van der Waals surface area contributed by atoms with Gasteiger partial charge in [0.05, 0.1) is 11.3 Å². The van der Waals surface area contributed by atoms with E-state index < -0.39 is 40.5 Å². The first-order valence-corrected chi connectivity index (χ1v) is 6.05. The zero-order valence-electron chi connectivity index (χ0n) is 11.2. The van der Waals surface area contributed by atoms with Gasteiger partial charge in [0.15, 0.2) is 0 Å². The molecule has 0 aromatic heterocycles. The van der Waals surface area contributed by atoms with Crippen LogP contribution < -0.4 is 11.5 Å². The molecule has 0 saturated carbocycles. The molecule has 0 aliphatic rings. The van der Waals surface area contributed by atoms with Crippen molar-refractivity contribution in [2.24, 2.45) is 0 Å². The molecule has 4 N–H and O–H groups in total. The lowest BCUT2D eigenvalue weighted by atomic mass is 9.96. The normalized spacial score (nSPS) is 12.5. The van der Waals surface area contributed by atoms with Crippen LogP contribution in [-0.2, 0) is 12.4 Å². The average Bonchev–Trinajstić information content (AvgIpc) is 2.37. The van der Waals surface area contributed by atoms with Gasteiger partial charge in [-0.3, -0.25) is 0 Å². The minimum atomic E-state index is -5.38. The van der Waals surface area contributed by atoms with E-state index in [2.05, 4.69) is 0 Å². The van der Waals surface area contributed by atoms with Crippen molar-refractivity contribution in [1.82, 2.24) is 0 Å². The number of rotatable bonds is 1. The molecule has 0 amide bonds. The predicted octanol–water partition coefficient (Wildman–Crippen LogP) is 4.69. The zero-order chi connectivity index (χ0) is 17.6. The monoisotopic (exact) mass is 338 g/mol. The first-order chi connectivity index (χ1) is 10.4. The molecule has 0 aliphatic heterocycles. The Morgan fingerprint density at radius 2 is 1.30 bits per heavy atom. The summed E-state index contributed by atoms with van der Waals surface area (Å²) in [6.07, 6.45) is -10.5. The van der Waals surface area contributed by atoms with E-state index in [1.54, 1.807) is 0 Å². The highest BCUT2D eigenvalue weighted by Gasteiger charge is 2.43. The third-order valence-electron chi connectivity index (χ3n) is 3.11. The Balaban J connectivity index is 2.85. The number of benzene rings is 2. The number of halogens is 7. The summed E-state index contributed by atoms with van der Waals surface area (Å²) in [5.74, 6) is -1.87. The van der Waals surface area contributed by atoms with Gasteiger partial charge in [0, 0.05) is 11.3 Å². The van der Waals surface area contributed by atoms with Crippen LogP contribution in [0.15, 0.2) is 30.3 Å². The topological polar surface area (TPSA) is 52.0 Å². The molecule has 0 unspecified atom stereocenters. The van der Waals surface area contributed by atoms with Crippen LogP contribution in [0.1, 0.15) is 11.1 Å². The lowest BCUT2D eigenvalue weighted by Gasteiger charge is -2.19. The van der Waals surface area contributed by atoms with Gasteiger partial charge in [-0.2, -0.15) is 26.3 Å². The summed E-state index contributed by atoms with van der Waals surface area (Å²) < 4.78 is 91.7. The van der Waals surface area contributed by atoms with Crippen LogP contribution in [0, 0.1) is 5.82 Å². The lowest BCUT2D eigenvalue weighted by molar-refractivity contribution is -0.143. The summed E-state index contributed by atoms with van der Waals surface area (Å²) in [5, 5.41) is 0. The molecule has 0 spiro atoms. The van der Waals surface area contributed by atoms with Crippen LogP contribution >= 0.6 is 0 Å². The van der Waals surface area contributed by atoms with Gasteiger partial charge in [-0.15, -0.1) is 0 Å². The molecule has 0 aliphatic carbocycles. The third-order valence-corrected chi connectivity index (χ3v) is 3.11. The summed E-state index contributed by atoms with van der Waals surface area (Å²) in [6.45, 7) is 0. The molecule has 0 heterocycles. The number of hydrogen-bond donors (Lipinski definition) is 2. The molecular formula is C14H9F7N2. The third kappa shape index (κ3) is 3.17. The van der Waals surface area contributed by atoms with Crippen molar-refractivity contribution in [2.45, 2.75) is 12.4 Å². The second-order valence-corrected chi connectivity index (χ2v) is 4.69. The molecule has 124 valence electrons. The molecule has 2 aromatic carbocycles. The van der Waals surface area contributed by atoms with Crippen molar-refractivity contribution in [3.63, 3.8) is 0 Å². The Bertz CT molecular complexity index is 731. The molecule has 2 rings (SSSR count). The number of nitrogen functional groups attached to an aromatic ring is 2. The number of anilines is 2. The summed E-state index contributed by atoms with van der Waals surface area (Å²) in [6, 6.07) is 4.94. The van der Waals surface area contributed by atoms with Gasteiger partial charge in [0.2, 0.25) is 0 Å². The Morgan fingerprint density at radius 1 is 0.783 bits per heavy atom. The molecule has 0 radical (unpaired) electrons. The van der Waals surface area contributed by atoms with Crippen LogP contribution in [0.25, 0.3) is 11.1 Å². The Kier molecular flexibility index (Phi) is 3.91. The minimum Gasteiger partial charge on any atom is -0.399 e. The lowest BCUT2D eigenvalue weighted by Crippen LogP contribution is -2.18. The number of nitrogens with two attached hydrogens (primary N) is 2. The quantitative estimate of drug-likeness (QED) is 0.585. The van der Waals surface area contributed by atoms with Gasteiger partial charge in [-0.25, -0.2) is 4.39 Å². The molecule has 9 heteroatoms. The fourth-order valence-corrected chi connectivity index (χ4v) is 2.06. The Morgan fingerprint density at radius 3 is 1.74 bits per heavy atom. The largest absolute Gasteiger partial charge is 0.421 e. The zero-order valence-corrected chi connectivity index (χ0v) is 11.2. The maximum absolute atomic E-state index is 14.2. The summed E-state index contributed by atoms with van der Waals surface area (Å²) in [7, 11) is 0. The van der Waals surface area contributed by atoms with Crippen molar-refractivity contribution < 1.29 is 30.7 Å². The van der Waals surface area contributed by atoms with Crippen molar-refractivity contribution in [1.29, 1.82) is 0 Å². The average molecular weight is 338 g/mol. The molecule has 0 fully saturated rings. The van der Waals surface area contributed by atoms with Gasteiger partial charge < -0.3 is 11.5 Å². The van der Waals surface area contributed by atoms with E-state index in [-0.39, 0.29) is 17.3 Å². The smallest absolute Gasteiger partial charge is 0.399 e. The van der Waals surface area contributed by atoms with Gasteiger partial charge in [0.1, 0.15) is 11.4 Å². The predicted molar refractivity (Wildman–Crippen MR) is 70.7 cm³/mol. The van der Waals surface area contributed by atoms with Crippen LogP contribution in [0.4, 0.5) is 42.1 Å². The highest BCUT2D eigenvalue weighted by atomic mass is 19.4. The molecule has 0 bridgehead atoms. The fourth-order valence-electron chi connectivity index (χ4n) is 2.06. The highest BCUT2D eigenvalue weighted by Crippen LogP contribution is 2.45. The van der Waals surface area contributed by atoms with Crippen LogP contribution in [0.3, 0.4) is 0 Å². The van der Waals surface area contributed by atoms with E-state index in [0.29, 0.717) is 0 Å². The molecule has 23 heavy (non-hydrogen) atoms. The second kappa shape index (κ2) is 5.32. The van der Waals surface area contributed by atoms with E-state index in [9.17, 15) is 30.7 Å². The maximum atomic E-state index is 14.2. The second-order valence-electron chi connectivity index (χ2n) is 4.69. The summed E-state index contributed by atoms with van der Waals surface area (Å²) in [5.41, 5.74) is 3.90. The molecule has 0 atom stereocenters. The van der Waals surface area contributed by atoms with Crippen LogP contribution in [0.5, 0.6) is 0 Å². The highest BCUT2D eigenvalue weighted by molar-refractivity contribution is 5.73. The SMILES string of the molecule is Nc1ccc(-c2cc(C(F)(F)F)c(N)c(C(F)(F)F)c2F)cc1. The van der Waals surface area contributed by atoms with E-state index in [1.807, 2.05) is 0 Å². The van der Waals surface area contributed by atoms with Crippen molar-refractivity contribution in [3.05, 3.63) is 47.3 Å². The molecular weight excluding hydrogens is 329 g/mol. The summed E-state index contributed by atoms with van der Waals surface area (Å²) >= 11 is 0. The van der Waals surface area contributed by atoms with Crippen molar-refractivity contribution in [2.75, 3.05) is 11.5 Å². The van der Waals surface area contributed by atoms with Crippen LogP contribution in [0.2, 0.25) is 0 Å². The van der Waals surface area contributed by atoms with Gasteiger partial charge in [-0.05, 0) is 23.8 Å². The standard InChI is InChI=1S/C14H9F7N2/c15-11-8(6-1-3-7(22)4-2-6)5-9(13(16,17)18)12(23)10(11)14(19,20)21/h1-5H,22-23H2. The number of hydrogen-bond acceptors (Lipinski definition) is 2. The van der Waals surface area contributed by atoms with Crippen LogP contribution in [-0.4, -0.2) is 0 Å². The molecule has 2 nitrogen and oxygen atoms in total. The van der Waals surface area contributed by atoms with E-state index in [0.717, 1.165) is 12.1 Å². The molecule has 0 saturated heterocycles. The van der Waals surface area contributed by atoms with E-state index in [1.165, 1.54) is 12.1 Å². The first-order valence-electron chi connectivity index (χ1n) is 6.05. The van der Waals surface area contributed by atoms with Crippen molar-refractivity contribution in [3.8, 4) is 11.1 Å². The van der Waals surface area contributed by atoms with Crippen molar-refractivity contribution >= 4 is 11.4 Å². The Hall–Kier alpha value is -2.45. The first kappa shape index (κ1) is 16.9. The van der Waals surface area contributed by atoms with E-state index in [4.69, 9.17) is 11.5 Å². The van der Waals surface area contributed by atoms with Gasteiger partial charge >= 0.3 is 12.4 Å². The fraction of sp³-hybridized carbons (Fsp3) is 0.143. The number of alkyl halides is 6. The van der Waals surface area contributed by atoms with Gasteiger partial charge in [0.25, 0.3) is 0 Å². The van der Waals surface area contributed by atoms with Gasteiger partial charge in [-0.1, -0.05) is 12.1 Å².